The van der Waals surface area contributed by atoms with Gasteiger partial charge in [-0.3, -0.25) is 0 Å². The summed E-state index contributed by atoms with van der Waals surface area (Å²) in [6, 6.07) is 3.58. The molecule has 1 aromatic carbocycles. The van der Waals surface area contributed by atoms with E-state index < -0.39 is 0 Å². The molecule has 0 saturated carbocycles. The fourth-order valence-corrected chi connectivity index (χ4v) is 1.65. The third-order valence-electron chi connectivity index (χ3n) is 1.97. The fourth-order valence-electron chi connectivity index (χ4n) is 1.12. The number of benzene rings is 1. The third-order valence-corrected chi connectivity index (χ3v) is 3.16. The van der Waals surface area contributed by atoms with Crippen LogP contribution >= 0.6 is 27.5 Å². The van der Waals surface area contributed by atoms with Crippen LogP contribution in [-0.2, 0) is 0 Å². The van der Waals surface area contributed by atoms with Crippen molar-refractivity contribution in [3.63, 3.8) is 0 Å². The van der Waals surface area contributed by atoms with Gasteiger partial charge in [-0.25, -0.2) is 0 Å². The Morgan fingerprint density at radius 2 is 2.15 bits per heavy atom. The Kier molecular flexibility index (Phi) is 3.59. The van der Waals surface area contributed by atoms with Gasteiger partial charge in [0.15, 0.2) is 0 Å². The highest BCUT2D eigenvalue weighted by Gasteiger charge is 2.10. The first-order chi connectivity index (χ1) is 6.06. The van der Waals surface area contributed by atoms with Crippen molar-refractivity contribution in [1.82, 2.24) is 0 Å². The van der Waals surface area contributed by atoms with Crippen LogP contribution in [0.2, 0.25) is 5.02 Å². The molecule has 0 aliphatic heterocycles. The van der Waals surface area contributed by atoms with E-state index in [-0.39, 0.29) is 6.04 Å². The molecule has 0 amide bonds. The highest BCUT2D eigenvalue weighted by Crippen LogP contribution is 2.31. The van der Waals surface area contributed by atoms with Gasteiger partial charge >= 0.3 is 0 Å². The van der Waals surface area contributed by atoms with E-state index in [1.807, 2.05) is 13.0 Å². The first-order valence-corrected chi connectivity index (χ1v) is 5.23. The van der Waals surface area contributed by atoms with Crippen molar-refractivity contribution in [2.24, 2.45) is 5.73 Å². The average molecular weight is 264 g/mol. The van der Waals surface area contributed by atoms with Crippen molar-refractivity contribution in [1.29, 1.82) is 0 Å². The van der Waals surface area contributed by atoms with E-state index in [1.165, 1.54) is 0 Å². The summed E-state index contributed by atoms with van der Waals surface area (Å²) < 4.78 is 0.835. The number of nitrogen functional groups attached to an aromatic ring is 1. The molecule has 4 heteroatoms. The summed E-state index contributed by atoms with van der Waals surface area (Å²) in [6.07, 6.45) is 0.859. The smallest absolute Gasteiger partial charge is 0.0568 e. The van der Waals surface area contributed by atoms with Gasteiger partial charge in [0, 0.05) is 16.2 Å². The largest absolute Gasteiger partial charge is 0.398 e. The van der Waals surface area contributed by atoms with Gasteiger partial charge in [0.2, 0.25) is 0 Å². The zero-order valence-corrected chi connectivity index (χ0v) is 9.69. The lowest BCUT2D eigenvalue weighted by Gasteiger charge is -2.13. The standard InChI is InChI=1S/C9H12BrClN2/c1-2-8(12)5-3-6(10)7(11)4-9(5)13/h3-4,8H,2,12-13H2,1H3/t8-/m1/s1. The molecule has 0 unspecified atom stereocenters. The summed E-state index contributed by atoms with van der Waals surface area (Å²) >= 11 is 9.20. The second-order valence-electron chi connectivity index (χ2n) is 2.91. The minimum absolute atomic E-state index is 0.0198. The highest BCUT2D eigenvalue weighted by molar-refractivity contribution is 9.10. The van der Waals surface area contributed by atoms with E-state index in [1.54, 1.807) is 6.07 Å². The maximum absolute atomic E-state index is 5.87. The zero-order valence-electron chi connectivity index (χ0n) is 7.35. The number of hydrogen-bond donors (Lipinski definition) is 2. The molecule has 4 N–H and O–H groups in total. The average Bonchev–Trinajstić information content (AvgIpc) is 2.10. The fraction of sp³-hybridized carbons (Fsp3) is 0.333. The topological polar surface area (TPSA) is 52.0 Å². The van der Waals surface area contributed by atoms with Crippen LogP contribution in [0.1, 0.15) is 24.9 Å². The molecule has 0 fully saturated rings. The van der Waals surface area contributed by atoms with Gasteiger partial charge in [0.1, 0.15) is 0 Å². The Labute approximate surface area is 91.4 Å². The minimum atomic E-state index is -0.0198. The van der Waals surface area contributed by atoms with Gasteiger partial charge in [0.25, 0.3) is 0 Å². The number of nitrogens with two attached hydrogens (primary N) is 2. The number of anilines is 1. The Balaban J connectivity index is 3.15. The third kappa shape index (κ3) is 2.36. The van der Waals surface area contributed by atoms with Crippen molar-refractivity contribution >= 4 is 33.2 Å². The van der Waals surface area contributed by atoms with Crippen LogP contribution in [0.25, 0.3) is 0 Å². The molecule has 0 bridgehead atoms. The normalized spacial score (nSPS) is 12.9. The predicted molar refractivity (Wildman–Crippen MR) is 60.8 cm³/mol. The first kappa shape index (κ1) is 10.8. The van der Waals surface area contributed by atoms with Gasteiger partial charge in [-0.2, -0.15) is 0 Å². The molecule has 0 aliphatic carbocycles. The molecule has 0 aliphatic rings. The van der Waals surface area contributed by atoms with Gasteiger partial charge in [-0.05, 0) is 40.0 Å². The molecule has 0 heterocycles. The number of hydrogen-bond acceptors (Lipinski definition) is 2. The Morgan fingerprint density at radius 1 is 1.54 bits per heavy atom. The van der Waals surface area contributed by atoms with Crippen LogP contribution < -0.4 is 11.5 Å². The second-order valence-corrected chi connectivity index (χ2v) is 4.17. The van der Waals surface area contributed by atoms with Crippen LogP contribution in [-0.4, -0.2) is 0 Å². The van der Waals surface area contributed by atoms with Crippen LogP contribution in [0.15, 0.2) is 16.6 Å². The van der Waals surface area contributed by atoms with Crippen molar-refractivity contribution in [2.45, 2.75) is 19.4 Å². The lowest BCUT2D eigenvalue weighted by molar-refractivity contribution is 0.700. The Hall–Kier alpha value is -0.250. The van der Waals surface area contributed by atoms with E-state index in [2.05, 4.69) is 15.9 Å². The first-order valence-electron chi connectivity index (χ1n) is 4.06. The molecular formula is C9H12BrClN2. The van der Waals surface area contributed by atoms with Crippen LogP contribution in [0.4, 0.5) is 5.69 Å². The Bertz CT molecular complexity index is 315. The van der Waals surface area contributed by atoms with Crippen molar-refractivity contribution in [3.8, 4) is 0 Å². The lowest BCUT2D eigenvalue weighted by atomic mass is 10.0. The summed E-state index contributed by atoms with van der Waals surface area (Å²) in [5.41, 5.74) is 13.3. The molecule has 2 nitrogen and oxygen atoms in total. The SMILES string of the molecule is CC[C@@H](N)c1cc(Br)c(Cl)cc1N. The number of halogens is 2. The molecule has 0 radical (unpaired) electrons. The molecule has 1 atom stereocenters. The quantitative estimate of drug-likeness (QED) is 0.806. The number of rotatable bonds is 2. The predicted octanol–water partition coefficient (Wildman–Crippen LogP) is 3.09. The summed E-state index contributed by atoms with van der Waals surface area (Å²) in [7, 11) is 0. The monoisotopic (exact) mass is 262 g/mol. The van der Waals surface area contributed by atoms with Crippen LogP contribution in [0.5, 0.6) is 0 Å². The van der Waals surface area contributed by atoms with Crippen LogP contribution in [0.3, 0.4) is 0 Å². The summed E-state index contributed by atoms with van der Waals surface area (Å²) in [4.78, 5) is 0. The van der Waals surface area contributed by atoms with E-state index in [0.717, 1.165) is 16.5 Å². The minimum Gasteiger partial charge on any atom is -0.398 e. The molecule has 0 saturated heterocycles. The molecule has 13 heavy (non-hydrogen) atoms. The maximum atomic E-state index is 5.87. The van der Waals surface area contributed by atoms with E-state index >= 15 is 0 Å². The van der Waals surface area contributed by atoms with E-state index in [0.29, 0.717) is 10.7 Å². The van der Waals surface area contributed by atoms with Gasteiger partial charge in [-0.1, -0.05) is 18.5 Å². The molecule has 72 valence electrons. The van der Waals surface area contributed by atoms with Crippen molar-refractivity contribution in [3.05, 3.63) is 27.2 Å². The molecule has 1 rings (SSSR count). The molecule has 0 spiro atoms. The van der Waals surface area contributed by atoms with E-state index in [4.69, 9.17) is 23.1 Å². The van der Waals surface area contributed by atoms with Crippen molar-refractivity contribution in [2.75, 3.05) is 5.73 Å². The summed E-state index contributed by atoms with van der Waals surface area (Å²) in [5, 5.41) is 0.615. The maximum Gasteiger partial charge on any atom is 0.0568 e. The summed E-state index contributed by atoms with van der Waals surface area (Å²) in [5.74, 6) is 0. The summed E-state index contributed by atoms with van der Waals surface area (Å²) in [6.45, 7) is 2.02. The van der Waals surface area contributed by atoms with Gasteiger partial charge in [0.05, 0.1) is 5.02 Å². The highest BCUT2D eigenvalue weighted by atomic mass is 79.9. The zero-order chi connectivity index (χ0) is 10.0. The van der Waals surface area contributed by atoms with Gasteiger partial charge < -0.3 is 11.5 Å². The van der Waals surface area contributed by atoms with E-state index in [9.17, 15) is 0 Å². The molecule has 0 aromatic heterocycles. The van der Waals surface area contributed by atoms with Crippen LogP contribution in [0, 0.1) is 0 Å². The van der Waals surface area contributed by atoms with Crippen molar-refractivity contribution < 1.29 is 0 Å². The molecular weight excluding hydrogens is 251 g/mol. The second kappa shape index (κ2) is 4.31. The van der Waals surface area contributed by atoms with Gasteiger partial charge in [-0.15, -0.1) is 0 Å². The Morgan fingerprint density at radius 3 is 2.69 bits per heavy atom. The lowest BCUT2D eigenvalue weighted by Crippen LogP contribution is -2.11. The molecule has 1 aromatic rings.